The molecule has 0 saturated carbocycles. The van der Waals surface area contributed by atoms with E-state index in [0.717, 1.165) is 6.42 Å². The highest BCUT2D eigenvalue weighted by Gasteiger charge is 2.20. The van der Waals surface area contributed by atoms with Crippen molar-refractivity contribution in [3.63, 3.8) is 0 Å². The van der Waals surface area contributed by atoms with Gasteiger partial charge in [-0.25, -0.2) is 0 Å². The van der Waals surface area contributed by atoms with Gasteiger partial charge in [-0.1, -0.05) is 6.92 Å². The van der Waals surface area contributed by atoms with Crippen LogP contribution in [-0.4, -0.2) is 141 Å². The Morgan fingerprint density at radius 3 is 1.59 bits per heavy atom. The number of primary amides is 1. The highest BCUT2D eigenvalue weighted by Crippen LogP contribution is 2.03. The molecule has 286 valence electrons. The van der Waals surface area contributed by atoms with Gasteiger partial charge in [-0.15, -0.1) is 0 Å². The molecule has 0 fully saturated rings. The number of carbonyl (C=O) groups excluding carboxylic acids is 5. The van der Waals surface area contributed by atoms with Crippen molar-refractivity contribution in [2.75, 3.05) is 105 Å². The van der Waals surface area contributed by atoms with Gasteiger partial charge in [0.2, 0.25) is 29.5 Å². The van der Waals surface area contributed by atoms with Crippen molar-refractivity contribution < 1.29 is 52.4 Å². The second kappa shape index (κ2) is 34.9. The molecule has 0 aromatic heterocycles. The van der Waals surface area contributed by atoms with E-state index in [1.54, 1.807) is 0 Å². The summed E-state index contributed by atoms with van der Waals surface area (Å²) in [6, 6.07) is -0.671. The maximum atomic E-state index is 12.6. The smallest absolute Gasteiger partial charge is 0.242 e. The average molecular weight is 707 g/mol. The van der Waals surface area contributed by atoms with E-state index in [-0.39, 0.29) is 62.5 Å². The van der Waals surface area contributed by atoms with E-state index in [9.17, 15) is 24.0 Å². The Morgan fingerprint density at radius 1 is 0.531 bits per heavy atom. The topological polar surface area (TPSA) is 241 Å². The Morgan fingerprint density at radius 2 is 1.04 bits per heavy atom. The van der Waals surface area contributed by atoms with E-state index in [1.165, 1.54) is 0 Å². The highest BCUT2D eigenvalue weighted by atomic mass is 16.5. The van der Waals surface area contributed by atoms with E-state index in [2.05, 4.69) is 21.3 Å². The second-order valence-corrected chi connectivity index (χ2v) is 10.9. The molecule has 17 heteroatoms. The molecule has 5 amide bonds. The van der Waals surface area contributed by atoms with Crippen LogP contribution in [-0.2, 0) is 52.4 Å². The minimum atomic E-state index is -0.671. The number of carbonyl (C=O) groups is 5. The Balaban J connectivity index is 3.92. The van der Waals surface area contributed by atoms with Crippen LogP contribution in [0.4, 0.5) is 0 Å². The van der Waals surface area contributed by atoms with Crippen LogP contribution >= 0.6 is 0 Å². The van der Waals surface area contributed by atoms with Crippen LogP contribution in [0.25, 0.3) is 0 Å². The van der Waals surface area contributed by atoms with Gasteiger partial charge < -0.3 is 61.2 Å². The summed E-state index contributed by atoms with van der Waals surface area (Å²) in [5, 5.41) is 11.2. The molecular formula is C32H62N6O11. The number of nitrogens with one attached hydrogen (secondary N) is 4. The lowest BCUT2D eigenvalue weighted by atomic mass is 10.1. The monoisotopic (exact) mass is 706 g/mol. The first kappa shape index (κ1) is 46.1. The first-order valence-electron chi connectivity index (χ1n) is 17.3. The van der Waals surface area contributed by atoms with Crippen LogP contribution in [0.2, 0.25) is 0 Å². The maximum absolute atomic E-state index is 12.6. The molecule has 17 nitrogen and oxygen atoms in total. The van der Waals surface area contributed by atoms with Gasteiger partial charge in [0.25, 0.3) is 0 Å². The third kappa shape index (κ3) is 33.3. The normalized spacial score (nSPS) is 11.6. The van der Waals surface area contributed by atoms with Crippen molar-refractivity contribution in [2.24, 2.45) is 11.5 Å². The van der Waals surface area contributed by atoms with Crippen LogP contribution < -0.4 is 32.7 Å². The van der Waals surface area contributed by atoms with Gasteiger partial charge in [0.1, 0.15) is 6.04 Å². The van der Waals surface area contributed by atoms with Gasteiger partial charge in [-0.2, -0.15) is 0 Å². The third-order valence-electron chi connectivity index (χ3n) is 6.54. The molecule has 8 N–H and O–H groups in total. The van der Waals surface area contributed by atoms with Crippen molar-refractivity contribution in [1.29, 1.82) is 0 Å². The zero-order chi connectivity index (χ0) is 36.2. The summed E-state index contributed by atoms with van der Waals surface area (Å²) in [4.78, 5) is 59.8. The lowest BCUT2D eigenvalue weighted by molar-refractivity contribution is -0.129. The molecule has 0 bridgehead atoms. The summed E-state index contributed by atoms with van der Waals surface area (Å²) in [5.74, 6) is -1.22. The lowest BCUT2D eigenvalue weighted by Crippen LogP contribution is -2.47. The second-order valence-electron chi connectivity index (χ2n) is 10.9. The zero-order valence-corrected chi connectivity index (χ0v) is 29.4. The van der Waals surface area contributed by atoms with Gasteiger partial charge in [0.05, 0.1) is 79.3 Å². The fourth-order valence-electron chi connectivity index (χ4n) is 3.96. The minimum Gasteiger partial charge on any atom is -0.379 e. The largest absolute Gasteiger partial charge is 0.379 e. The van der Waals surface area contributed by atoms with Gasteiger partial charge in [-0.3, -0.25) is 24.0 Å². The van der Waals surface area contributed by atoms with E-state index >= 15 is 0 Å². The van der Waals surface area contributed by atoms with Crippen LogP contribution in [0, 0.1) is 0 Å². The van der Waals surface area contributed by atoms with Gasteiger partial charge in [-0.05, 0) is 32.1 Å². The van der Waals surface area contributed by atoms with Crippen LogP contribution in [0.1, 0.15) is 64.7 Å². The first-order chi connectivity index (χ1) is 23.8. The molecule has 0 aliphatic rings. The molecule has 0 rings (SSSR count). The molecule has 0 heterocycles. The minimum absolute atomic E-state index is 0.119. The zero-order valence-electron chi connectivity index (χ0n) is 29.4. The molecule has 0 aromatic rings. The standard InChI is InChI=1S/C32H62N6O11/c1-2-12-37-32(43)27(38-31(42)10-16-45-20-24-48-25-21-46-17-11-33)6-3-4-13-35-29(40)7-5-8-30(41)36-14-18-47-22-26-49-23-19-44-15-9-28(34)39/h27H,2-26,33H2,1H3,(H2,34,39)(H,35,40)(H,36,41)(H,37,43)(H,38,42). The van der Waals surface area contributed by atoms with E-state index < -0.39 is 11.9 Å². The number of rotatable bonds is 36. The summed E-state index contributed by atoms with van der Waals surface area (Å²) >= 11 is 0. The number of nitrogens with two attached hydrogens (primary N) is 2. The number of amides is 5. The van der Waals surface area contributed by atoms with Crippen molar-refractivity contribution in [2.45, 2.75) is 70.8 Å². The molecule has 0 saturated heterocycles. The SMILES string of the molecule is CCCNC(=O)C(CCCCNC(=O)CCCC(=O)NCCOCCOCCOCCC(N)=O)NC(=O)CCOCCOCCOCCN. The van der Waals surface area contributed by atoms with E-state index in [0.29, 0.717) is 118 Å². The Hall–Kier alpha value is -2.93. The Labute approximate surface area is 290 Å². The number of hydrogen-bond acceptors (Lipinski definition) is 12. The van der Waals surface area contributed by atoms with Crippen molar-refractivity contribution >= 4 is 29.5 Å². The highest BCUT2D eigenvalue weighted by molar-refractivity contribution is 5.87. The summed E-state index contributed by atoms with van der Waals surface area (Å²) in [7, 11) is 0. The van der Waals surface area contributed by atoms with Gasteiger partial charge >= 0.3 is 0 Å². The number of unbranched alkanes of at least 4 members (excludes halogenated alkanes) is 1. The average Bonchev–Trinajstić information content (AvgIpc) is 3.07. The molecule has 0 aliphatic carbocycles. The molecule has 0 aliphatic heterocycles. The fourth-order valence-corrected chi connectivity index (χ4v) is 3.96. The van der Waals surface area contributed by atoms with Crippen molar-refractivity contribution in [3.05, 3.63) is 0 Å². The van der Waals surface area contributed by atoms with Gasteiger partial charge in [0, 0.05) is 51.9 Å². The molecular weight excluding hydrogens is 644 g/mol. The molecule has 0 aromatic carbocycles. The van der Waals surface area contributed by atoms with Gasteiger partial charge in [0.15, 0.2) is 0 Å². The van der Waals surface area contributed by atoms with Crippen LogP contribution in [0.5, 0.6) is 0 Å². The first-order valence-corrected chi connectivity index (χ1v) is 17.3. The summed E-state index contributed by atoms with van der Waals surface area (Å²) < 4.78 is 31.9. The third-order valence-corrected chi connectivity index (χ3v) is 6.54. The fraction of sp³-hybridized carbons (Fsp3) is 0.844. The summed E-state index contributed by atoms with van der Waals surface area (Å²) in [6.45, 7) is 8.19. The van der Waals surface area contributed by atoms with E-state index in [4.69, 9.17) is 39.9 Å². The van der Waals surface area contributed by atoms with Crippen molar-refractivity contribution in [1.82, 2.24) is 21.3 Å². The maximum Gasteiger partial charge on any atom is 0.242 e. The summed E-state index contributed by atoms with van der Waals surface area (Å²) in [6.07, 6.45) is 3.64. The number of ether oxygens (including phenoxy) is 6. The molecule has 1 atom stereocenters. The lowest BCUT2D eigenvalue weighted by Gasteiger charge is -2.18. The molecule has 1 unspecified atom stereocenters. The Bertz CT molecular complexity index is 869. The summed E-state index contributed by atoms with van der Waals surface area (Å²) in [5.41, 5.74) is 10.4. The molecule has 0 radical (unpaired) electrons. The number of hydrogen-bond donors (Lipinski definition) is 6. The Kier molecular flexibility index (Phi) is 32.8. The van der Waals surface area contributed by atoms with Crippen molar-refractivity contribution in [3.8, 4) is 0 Å². The van der Waals surface area contributed by atoms with Crippen LogP contribution in [0.3, 0.4) is 0 Å². The predicted molar refractivity (Wildman–Crippen MR) is 181 cm³/mol. The van der Waals surface area contributed by atoms with Crippen LogP contribution in [0.15, 0.2) is 0 Å². The quantitative estimate of drug-likeness (QED) is 0.0426. The predicted octanol–water partition coefficient (Wildman–Crippen LogP) is -1.11. The molecule has 49 heavy (non-hydrogen) atoms. The molecule has 0 spiro atoms. The van der Waals surface area contributed by atoms with E-state index in [1.807, 2.05) is 6.92 Å².